The fraction of sp³-hybridized carbons (Fsp3) is 0.222. The number of nitrogens with zero attached hydrogens (tertiary/aromatic N) is 1. The third-order valence-electron chi connectivity index (χ3n) is 3.84. The van der Waals surface area contributed by atoms with E-state index in [1.807, 2.05) is 0 Å². The highest BCUT2D eigenvalue weighted by Crippen LogP contribution is 2.24. The van der Waals surface area contributed by atoms with Crippen LogP contribution in [0.5, 0.6) is 5.75 Å². The number of alkyl halides is 2. The summed E-state index contributed by atoms with van der Waals surface area (Å²) in [6.07, 6.45) is 0. The van der Waals surface area contributed by atoms with Crippen LogP contribution in [0.1, 0.15) is 0 Å². The van der Waals surface area contributed by atoms with Gasteiger partial charge in [-0.25, -0.2) is 18.6 Å². The molecule has 0 aliphatic carbocycles. The summed E-state index contributed by atoms with van der Waals surface area (Å²) in [6, 6.07) is 9.45. The minimum absolute atomic E-state index is 0.0409. The molecular formula is C18H19F2N5O4S. The van der Waals surface area contributed by atoms with E-state index in [0.717, 1.165) is 0 Å². The number of carbonyl (C=O) groups excluding carboxylic acids is 1. The van der Waals surface area contributed by atoms with Crippen LogP contribution in [0.25, 0.3) is 11.0 Å². The zero-order chi connectivity index (χ0) is 21.6. The molecule has 12 heteroatoms. The lowest BCUT2D eigenvalue weighted by atomic mass is 10.3. The van der Waals surface area contributed by atoms with Gasteiger partial charge in [-0.3, -0.25) is 5.32 Å². The van der Waals surface area contributed by atoms with Crippen molar-refractivity contribution in [1.29, 1.82) is 0 Å². The third-order valence-corrected chi connectivity index (χ3v) is 5.10. The number of urea groups is 1. The first-order valence-corrected chi connectivity index (χ1v) is 10.3. The molecule has 9 nitrogen and oxygen atoms in total. The van der Waals surface area contributed by atoms with Crippen LogP contribution in [-0.2, 0) is 10.1 Å². The number of imidazole rings is 1. The largest absolute Gasteiger partial charge is 0.382 e. The molecule has 0 unspecified atom stereocenters. The van der Waals surface area contributed by atoms with Crippen LogP contribution in [0.3, 0.4) is 0 Å². The van der Waals surface area contributed by atoms with E-state index in [2.05, 4.69) is 25.9 Å². The monoisotopic (exact) mass is 439 g/mol. The Morgan fingerprint density at radius 2 is 1.80 bits per heavy atom. The first-order valence-electron chi connectivity index (χ1n) is 8.86. The van der Waals surface area contributed by atoms with Crippen LogP contribution in [0.2, 0.25) is 0 Å². The van der Waals surface area contributed by atoms with Gasteiger partial charge < -0.3 is 19.8 Å². The number of aromatic nitrogens is 2. The number of rotatable bonds is 9. The van der Waals surface area contributed by atoms with Crippen molar-refractivity contribution in [2.75, 3.05) is 37.1 Å². The maximum absolute atomic E-state index is 12.5. The number of fused-ring (bicyclic) bond motifs is 1. The number of halogens is 2. The Balaban J connectivity index is 1.72. The second kappa shape index (κ2) is 9.39. The summed E-state index contributed by atoms with van der Waals surface area (Å²) in [5, 5.41) is 7.49. The summed E-state index contributed by atoms with van der Waals surface area (Å²) in [5.74, 6) is 0.150. The van der Waals surface area contributed by atoms with E-state index in [1.54, 1.807) is 0 Å². The molecule has 3 rings (SSSR count). The minimum atomic E-state index is -4.09. The highest BCUT2D eigenvalue weighted by atomic mass is 32.2. The number of carbonyl (C=O) groups is 1. The van der Waals surface area contributed by atoms with Crippen molar-refractivity contribution in [2.24, 2.45) is 0 Å². The van der Waals surface area contributed by atoms with Gasteiger partial charge in [0, 0.05) is 24.8 Å². The summed E-state index contributed by atoms with van der Waals surface area (Å²) < 4.78 is 54.4. The molecule has 0 aliphatic rings. The molecule has 2 amide bonds. The summed E-state index contributed by atoms with van der Waals surface area (Å²) >= 11 is 0. The second-order valence-corrected chi connectivity index (χ2v) is 7.56. The summed E-state index contributed by atoms with van der Waals surface area (Å²) in [7, 11) is -4.09. The molecule has 1 aromatic heterocycles. The molecule has 1 heterocycles. The van der Waals surface area contributed by atoms with Crippen LogP contribution in [0, 0.1) is 0 Å². The number of benzene rings is 2. The van der Waals surface area contributed by atoms with E-state index in [1.165, 1.54) is 42.5 Å². The molecule has 0 saturated carbocycles. The molecule has 2 aromatic carbocycles. The van der Waals surface area contributed by atoms with Crippen LogP contribution < -0.4 is 20.1 Å². The first-order chi connectivity index (χ1) is 14.4. The number of H-pyrrole nitrogens is 1. The lowest BCUT2D eigenvalue weighted by Gasteiger charge is -2.08. The van der Waals surface area contributed by atoms with Gasteiger partial charge in [-0.1, -0.05) is 0 Å². The minimum Gasteiger partial charge on any atom is -0.382 e. The van der Waals surface area contributed by atoms with Gasteiger partial charge in [0.25, 0.3) is 0 Å². The maximum atomic E-state index is 12.5. The number of nitrogens with one attached hydrogen (secondary N) is 4. The SMILES string of the molecule is O=C(NCCF)Nc1nc2ccc(OS(=O)(=O)c3ccc(NCCF)cc3)cc2[nH]1. The molecule has 30 heavy (non-hydrogen) atoms. The van der Waals surface area contributed by atoms with E-state index in [0.29, 0.717) is 16.7 Å². The van der Waals surface area contributed by atoms with Crippen LogP contribution in [-0.4, -0.2) is 50.9 Å². The van der Waals surface area contributed by atoms with Gasteiger partial charge >= 0.3 is 16.1 Å². The van der Waals surface area contributed by atoms with Crippen LogP contribution >= 0.6 is 0 Å². The number of hydrogen-bond donors (Lipinski definition) is 4. The van der Waals surface area contributed by atoms with Crippen molar-refractivity contribution < 1.29 is 26.2 Å². The van der Waals surface area contributed by atoms with Crippen molar-refractivity contribution >= 4 is 38.8 Å². The predicted molar refractivity (Wildman–Crippen MR) is 108 cm³/mol. The Bertz CT molecular complexity index is 1120. The number of aromatic amines is 1. The fourth-order valence-electron chi connectivity index (χ4n) is 2.52. The van der Waals surface area contributed by atoms with Gasteiger partial charge in [-0.15, -0.1) is 0 Å². The lowest BCUT2D eigenvalue weighted by molar-refractivity contribution is 0.251. The Kier molecular flexibility index (Phi) is 6.67. The van der Waals surface area contributed by atoms with E-state index in [4.69, 9.17) is 4.18 Å². The first kappa shape index (κ1) is 21.3. The Labute approximate surface area is 171 Å². The van der Waals surface area contributed by atoms with Gasteiger partial charge in [0.15, 0.2) is 0 Å². The van der Waals surface area contributed by atoms with Gasteiger partial charge in [-0.2, -0.15) is 8.42 Å². The van der Waals surface area contributed by atoms with E-state index >= 15 is 0 Å². The zero-order valence-electron chi connectivity index (χ0n) is 15.6. The lowest BCUT2D eigenvalue weighted by Crippen LogP contribution is -2.30. The number of anilines is 2. The molecule has 0 atom stereocenters. The summed E-state index contributed by atoms with van der Waals surface area (Å²) in [4.78, 5) is 18.4. The molecule has 0 spiro atoms. The van der Waals surface area contributed by atoms with Gasteiger partial charge in [-0.05, 0) is 36.4 Å². The quantitative estimate of drug-likeness (QED) is 0.380. The van der Waals surface area contributed by atoms with Crippen molar-refractivity contribution in [3.8, 4) is 5.75 Å². The van der Waals surface area contributed by atoms with Gasteiger partial charge in [0.05, 0.1) is 11.0 Å². The fourth-order valence-corrected chi connectivity index (χ4v) is 3.44. The predicted octanol–water partition coefficient (Wildman–Crippen LogP) is 2.80. The highest BCUT2D eigenvalue weighted by Gasteiger charge is 2.17. The normalized spacial score (nSPS) is 11.3. The summed E-state index contributed by atoms with van der Waals surface area (Å²) in [5.41, 5.74) is 1.47. The smallest absolute Gasteiger partial charge is 0.339 e. The van der Waals surface area contributed by atoms with Crippen LogP contribution in [0.4, 0.5) is 25.2 Å². The highest BCUT2D eigenvalue weighted by molar-refractivity contribution is 7.87. The van der Waals surface area contributed by atoms with E-state index < -0.39 is 29.5 Å². The average molecular weight is 439 g/mol. The zero-order valence-corrected chi connectivity index (χ0v) is 16.4. The number of amides is 2. The Morgan fingerprint density at radius 1 is 1.07 bits per heavy atom. The molecule has 0 bridgehead atoms. The molecule has 4 N–H and O–H groups in total. The van der Waals surface area contributed by atoms with E-state index in [9.17, 15) is 22.0 Å². The van der Waals surface area contributed by atoms with Crippen molar-refractivity contribution in [3.05, 3.63) is 42.5 Å². The van der Waals surface area contributed by atoms with Gasteiger partial charge in [0.2, 0.25) is 5.95 Å². The maximum Gasteiger partial charge on any atom is 0.339 e. The Morgan fingerprint density at radius 3 is 2.50 bits per heavy atom. The molecule has 0 fully saturated rings. The molecular weight excluding hydrogens is 420 g/mol. The molecule has 0 aliphatic heterocycles. The Hall–Kier alpha value is -3.41. The number of hydrogen-bond acceptors (Lipinski definition) is 6. The van der Waals surface area contributed by atoms with Crippen molar-refractivity contribution in [1.82, 2.24) is 15.3 Å². The summed E-state index contributed by atoms with van der Waals surface area (Å²) in [6.45, 7) is -1.24. The second-order valence-electron chi connectivity index (χ2n) is 6.01. The molecule has 0 saturated heterocycles. The average Bonchev–Trinajstić information content (AvgIpc) is 3.12. The van der Waals surface area contributed by atoms with Crippen molar-refractivity contribution in [3.63, 3.8) is 0 Å². The standard InChI is InChI=1S/C18H19F2N5O4S/c19-7-9-21-12-1-4-14(5-2-12)30(27,28)29-13-3-6-15-16(11-13)24-17(23-15)25-18(26)22-10-8-20/h1-6,11,21H,7-10H2,(H3,22,23,24,25,26). The van der Waals surface area contributed by atoms with Crippen LogP contribution in [0.15, 0.2) is 47.4 Å². The molecule has 3 aromatic rings. The topological polar surface area (TPSA) is 125 Å². The third kappa shape index (κ3) is 5.35. The molecule has 160 valence electrons. The molecule has 0 radical (unpaired) electrons. The van der Waals surface area contributed by atoms with Gasteiger partial charge in [0.1, 0.15) is 24.0 Å². The van der Waals surface area contributed by atoms with E-state index in [-0.39, 0.29) is 29.7 Å². The van der Waals surface area contributed by atoms with Crippen molar-refractivity contribution in [2.45, 2.75) is 4.90 Å².